The molecule has 6 heteroatoms. The van der Waals surface area contributed by atoms with Gasteiger partial charge in [0.15, 0.2) is 17.5 Å². The SMILES string of the molecule is O=C(NCc1ccco1)c1ccc(F)c(F)c1F. The van der Waals surface area contributed by atoms with E-state index in [9.17, 15) is 18.0 Å². The van der Waals surface area contributed by atoms with Crippen molar-refractivity contribution in [3.8, 4) is 0 Å². The number of nitrogens with one attached hydrogen (secondary N) is 1. The quantitative estimate of drug-likeness (QED) is 0.856. The average Bonchev–Trinajstić information content (AvgIpc) is 2.86. The van der Waals surface area contributed by atoms with Crippen molar-refractivity contribution in [1.29, 1.82) is 0 Å². The molecule has 2 rings (SSSR count). The Morgan fingerprint density at radius 2 is 1.94 bits per heavy atom. The second-order valence-electron chi connectivity index (χ2n) is 3.48. The molecule has 0 spiro atoms. The van der Waals surface area contributed by atoms with Gasteiger partial charge in [-0.1, -0.05) is 0 Å². The number of hydrogen-bond acceptors (Lipinski definition) is 2. The van der Waals surface area contributed by atoms with Gasteiger partial charge < -0.3 is 9.73 Å². The summed E-state index contributed by atoms with van der Waals surface area (Å²) >= 11 is 0. The zero-order valence-corrected chi connectivity index (χ0v) is 9.04. The normalized spacial score (nSPS) is 10.4. The van der Waals surface area contributed by atoms with Crippen molar-refractivity contribution in [2.24, 2.45) is 0 Å². The van der Waals surface area contributed by atoms with E-state index in [0.29, 0.717) is 11.8 Å². The van der Waals surface area contributed by atoms with Crippen molar-refractivity contribution in [2.45, 2.75) is 6.54 Å². The maximum Gasteiger partial charge on any atom is 0.254 e. The number of carbonyl (C=O) groups is 1. The van der Waals surface area contributed by atoms with Crippen molar-refractivity contribution in [3.63, 3.8) is 0 Å². The molecule has 1 N–H and O–H groups in total. The second kappa shape index (κ2) is 4.95. The van der Waals surface area contributed by atoms with E-state index in [4.69, 9.17) is 4.42 Å². The standard InChI is InChI=1S/C12H8F3NO2/c13-9-4-3-8(10(14)11(9)15)12(17)16-6-7-2-1-5-18-7/h1-5H,6H2,(H,16,17). The third kappa shape index (κ3) is 2.37. The van der Waals surface area contributed by atoms with Crippen LogP contribution in [0, 0.1) is 17.5 Å². The smallest absolute Gasteiger partial charge is 0.254 e. The topological polar surface area (TPSA) is 42.2 Å². The monoisotopic (exact) mass is 255 g/mol. The zero-order valence-electron chi connectivity index (χ0n) is 9.04. The summed E-state index contributed by atoms with van der Waals surface area (Å²) in [6.45, 7) is 0.0320. The van der Waals surface area contributed by atoms with Crippen LogP contribution in [0.2, 0.25) is 0 Å². The van der Waals surface area contributed by atoms with Gasteiger partial charge >= 0.3 is 0 Å². The number of benzene rings is 1. The Kier molecular flexibility index (Phi) is 3.36. The summed E-state index contributed by atoms with van der Waals surface area (Å²) in [5, 5.41) is 2.33. The first-order valence-corrected chi connectivity index (χ1v) is 5.03. The molecule has 0 unspecified atom stereocenters. The van der Waals surface area contributed by atoms with E-state index in [-0.39, 0.29) is 6.54 Å². The van der Waals surface area contributed by atoms with Crippen molar-refractivity contribution >= 4 is 5.91 Å². The summed E-state index contributed by atoms with van der Waals surface area (Å²) in [5.41, 5.74) is -0.555. The first kappa shape index (κ1) is 12.2. The summed E-state index contributed by atoms with van der Waals surface area (Å²) < 4.78 is 43.8. The molecule has 0 aliphatic rings. The predicted molar refractivity (Wildman–Crippen MR) is 56.2 cm³/mol. The van der Waals surface area contributed by atoms with E-state index in [0.717, 1.165) is 6.07 Å². The molecule has 1 amide bonds. The van der Waals surface area contributed by atoms with Gasteiger partial charge in [0.1, 0.15) is 5.76 Å². The Morgan fingerprint density at radius 3 is 2.61 bits per heavy atom. The second-order valence-corrected chi connectivity index (χ2v) is 3.48. The molecule has 0 saturated heterocycles. The minimum atomic E-state index is -1.67. The lowest BCUT2D eigenvalue weighted by Crippen LogP contribution is -2.24. The Hall–Kier alpha value is -2.24. The summed E-state index contributed by atoms with van der Waals surface area (Å²) in [4.78, 5) is 11.5. The van der Waals surface area contributed by atoms with Crippen LogP contribution in [-0.4, -0.2) is 5.91 Å². The highest BCUT2D eigenvalue weighted by Crippen LogP contribution is 2.15. The third-order valence-electron chi connectivity index (χ3n) is 2.28. The molecular formula is C12H8F3NO2. The van der Waals surface area contributed by atoms with Crippen LogP contribution in [0.1, 0.15) is 16.1 Å². The Bertz CT molecular complexity index is 567. The van der Waals surface area contributed by atoms with Gasteiger partial charge in [-0.05, 0) is 24.3 Å². The molecule has 1 aromatic heterocycles. The lowest BCUT2D eigenvalue weighted by atomic mass is 10.2. The molecule has 1 aromatic carbocycles. The Morgan fingerprint density at radius 1 is 1.17 bits per heavy atom. The molecule has 2 aromatic rings. The summed E-state index contributed by atoms with van der Waals surface area (Å²) in [5.74, 6) is -4.89. The highest BCUT2D eigenvalue weighted by molar-refractivity contribution is 5.94. The minimum absolute atomic E-state index is 0.0320. The van der Waals surface area contributed by atoms with E-state index < -0.39 is 28.9 Å². The highest BCUT2D eigenvalue weighted by atomic mass is 19.2. The average molecular weight is 255 g/mol. The van der Waals surface area contributed by atoms with Gasteiger partial charge in [-0.25, -0.2) is 13.2 Å². The van der Waals surface area contributed by atoms with Crippen molar-refractivity contribution < 1.29 is 22.4 Å². The van der Waals surface area contributed by atoms with Gasteiger partial charge in [-0.15, -0.1) is 0 Å². The number of furan rings is 1. The number of hydrogen-bond donors (Lipinski definition) is 1. The first-order valence-electron chi connectivity index (χ1n) is 5.03. The van der Waals surface area contributed by atoms with E-state index in [1.807, 2.05) is 0 Å². The lowest BCUT2D eigenvalue weighted by molar-refractivity contribution is 0.0942. The molecule has 0 fully saturated rings. The van der Waals surface area contributed by atoms with Crippen LogP contribution in [-0.2, 0) is 6.54 Å². The molecule has 0 saturated carbocycles. The van der Waals surface area contributed by atoms with E-state index in [1.54, 1.807) is 12.1 Å². The summed E-state index contributed by atoms with van der Waals surface area (Å²) in [7, 11) is 0. The number of carbonyl (C=O) groups excluding carboxylic acids is 1. The van der Waals surface area contributed by atoms with Gasteiger partial charge in [-0.3, -0.25) is 4.79 Å². The van der Waals surface area contributed by atoms with Gasteiger partial charge in [0, 0.05) is 0 Å². The predicted octanol–water partition coefficient (Wildman–Crippen LogP) is 2.63. The fourth-order valence-corrected chi connectivity index (χ4v) is 1.38. The van der Waals surface area contributed by atoms with Crippen molar-refractivity contribution in [3.05, 3.63) is 59.3 Å². The maximum absolute atomic E-state index is 13.3. The van der Waals surface area contributed by atoms with Crippen molar-refractivity contribution in [1.82, 2.24) is 5.32 Å². The van der Waals surface area contributed by atoms with Gasteiger partial charge in [0.2, 0.25) is 0 Å². The highest BCUT2D eigenvalue weighted by Gasteiger charge is 2.18. The molecule has 0 bridgehead atoms. The summed E-state index contributed by atoms with van der Waals surface area (Å²) in [6.07, 6.45) is 1.42. The number of rotatable bonds is 3. The van der Waals surface area contributed by atoms with Crippen LogP contribution in [0.15, 0.2) is 34.9 Å². The molecule has 0 aliphatic heterocycles. The lowest BCUT2D eigenvalue weighted by Gasteiger charge is -2.05. The maximum atomic E-state index is 13.3. The molecule has 1 heterocycles. The molecule has 0 atom stereocenters. The molecule has 94 valence electrons. The number of amides is 1. The first-order chi connectivity index (χ1) is 8.59. The fourth-order valence-electron chi connectivity index (χ4n) is 1.38. The fraction of sp³-hybridized carbons (Fsp3) is 0.0833. The molecule has 0 aliphatic carbocycles. The third-order valence-corrected chi connectivity index (χ3v) is 2.28. The Labute approximate surface area is 100 Å². The summed E-state index contributed by atoms with van der Waals surface area (Å²) in [6, 6.07) is 4.81. The van der Waals surface area contributed by atoms with Crippen LogP contribution in [0.3, 0.4) is 0 Å². The van der Waals surface area contributed by atoms with Crippen LogP contribution < -0.4 is 5.32 Å². The van der Waals surface area contributed by atoms with Crippen LogP contribution in [0.25, 0.3) is 0 Å². The molecule has 0 radical (unpaired) electrons. The van der Waals surface area contributed by atoms with E-state index >= 15 is 0 Å². The molecule has 18 heavy (non-hydrogen) atoms. The van der Waals surface area contributed by atoms with Gasteiger partial charge in [-0.2, -0.15) is 0 Å². The molecule has 3 nitrogen and oxygen atoms in total. The minimum Gasteiger partial charge on any atom is -0.467 e. The van der Waals surface area contributed by atoms with Crippen LogP contribution in [0.5, 0.6) is 0 Å². The largest absolute Gasteiger partial charge is 0.467 e. The van der Waals surface area contributed by atoms with Crippen LogP contribution >= 0.6 is 0 Å². The Balaban J connectivity index is 2.12. The van der Waals surface area contributed by atoms with Crippen LogP contribution in [0.4, 0.5) is 13.2 Å². The molecular weight excluding hydrogens is 247 g/mol. The zero-order chi connectivity index (χ0) is 13.1. The van der Waals surface area contributed by atoms with Gasteiger partial charge in [0.25, 0.3) is 5.91 Å². The van der Waals surface area contributed by atoms with E-state index in [2.05, 4.69) is 5.32 Å². The van der Waals surface area contributed by atoms with Gasteiger partial charge in [0.05, 0.1) is 18.4 Å². The van der Waals surface area contributed by atoms with Crippen molar-refractivity contribution in [2.75, 3.05) is 0 Å². The number of halogens is 3. The van der Waals surface area contributed by atoms with E-state index in [1.165, 1.54) is 6.26 Å².